The van der Waals surface area contributed by atoms with E-state index < -0.39 is 0 Å². The molecule has 0 radical (unpaired) electrons. The number of fused-ring (bicyclic) bond motifs is 3. The molecule has 1 aliphatic rings. The van der Waals surface area contributed by atoms with Gasteiger partial charge >= 0.3 is 0 Å². The second-order valence-corrected chi connectivity index (χ2v) is 14.2. The van der Waals surface area contributed by atoms with E-state index in [4.69, 9.17) is 19.6 Å². The summed E-state index contributed by atoms with van der Waals surface area (Å²) < 4.78 is 16.5. The van der Waals surface area contributed by atoms with Crippen molar-refractivity contribution >= 4 is 21.8 Å². The summed E-state index contributed by atoms with van der Waals surface area (Å²) in [5.74, 6) is 4.04. The minimum absolute atomic E-state index is 0.106. The molecule has 6 nitrogen and oxygen atoms in total. The molecule has 1 aliphatic carbocycles. The smallest absolute Gasteiger partial charge is 0.141 e. The summed E-state index contributed by atoms with van der Waals surface area (Å²) >= 11 is 0. The third-order valence-corrected chi connectivity index (χ3v) is 9.62. The summed E-state index contributed by atoms with van der Waals surface area (Å²) in [6.45, 7) is 15.9. The fourth-order valence-corrected chi connectivity index (χ4v) is 7.60. The highest BCUT2D eigenvalue weighted by Crippen LogP contribution is 2.45. The molecule has 3 heterocycles. The van der Waals surface area contributed by atoms with E-state index in [1.165, 1.54) is 23.3 Å². The summed E-state index contributed by atoms with van der Waals surface area (Å²) in [6, 6.07) is 25.0. The van der Waals surface area contributed by atoms with Crippen LogP contribution in [0.5, 0.6) is 17.2 Å². The zero-order valence-corrected chi connectivity index (χ0v) is 28.8. The van der Waals surface area contributed by atoms with Gasteiger partial charge in [0.05, 0.1) is 35.2 Å². The molecule has 240 valence electrons. The lowest BCUT2D eigenvalue weighted by atomic mass is 9.72. The molecule has 2 atom stereocenters. The van der Waals surface area contributed by atoms with Gasteiger partial charge in [-0.1, -0.05) is 57.5 Å². The molecule has 6 aromatic rings. The first kappa shape index (κ1) is 30.8. The predicted octanol–water partition coefficient (Wildman–Crippen LogP) is 10.5. The number of para-hydroxylation sites is 1. The summed E-state index contributed by atoms with van der Waals surface area (Å²) in [5.41, 5.74) is 9.34. The van der Waals surface area contributed by atoms with E-state index in [9.17, 15) is 0 Å². The second kappa shape index (κ2) is 11.8. The standard InChI is InChI=1S/C41H44N4O2/c1-25-20-29(45-40(41(5,6)7)39(28(4)43-45)38-26(2)12-11-13-27(38)3)22-32(21-25)47-31-16-17-34-33-14-9-10-15-35(33)44(36(34)23-31)37-24-30(46-8)18-19-42-37/h9-10,12,14-24,27,38H,11,13H2,1-8H3/t27-,38?/m0/s1. The molecule has 3 aromatic heterocycles. The van der Waals surface area contributed by atoms with Crippen LogP contribution in [0.25, 0.3) is 33.3 Å². The van der Waals surface area contributed by atoms with Crippen molar-refractivity contribution in [1.29, 1.82) is 0 Å². The normalized spacial score (nSPS) is 16.9. The monoisotopic (exact) mass is 624 g/mol. The van der Waals surface area contributed by atoms with E-state index in [1.807, 2.05) is 12.1 Å². The van der Waals surface area contributed by atoms with Gasteiger partial charge in [-0.05, 0) is 81.5 Å². The second-order valence-electron chi connectivity index (χ2n) is 14.2. The summed E-state index contributed by atoms with van der Waals surface area (Å²) in [6.07, 6.45) is 6.57. The molecular formula is C41H44N4O2. The fourth-order valence-electron chi connectivity index (χ4n) is 7.60. The Morgan fingerprint density at radius 3 is 2.38 bits per heavy atom. The van der Waals surface area contributed by atoms with E-state index in [2.05, 4.69) is 124 Å². The molecule has 0 spiro atoms. The van der Waals surface area contributed by atoms with Gasteiger partial charge in [0.1, 0.15) is 23.1 Å². The molecule has 3 aromatic carbocycles. The Morgan fingerprint density at radius 2 is 1.62 bits per heavy atom. The number of benzene rings is 3. The van der Waals surface area contributed by atoms with Crippen molar-refractivity contribution in [1.82, 2.24) is 19.3 Å². The van der Waals surface area contributed by atoms with Gasteiger partial charge < -0.3 is 9.47 Å². The molecule has 0 saturated heterocycles. The predicted molar refractivity (Wildman–Crippen MR) is 192 cm³/mol. The van der Waals surface area contributed by atoms with Crippen LogP contribution in [0.1, 0.15) is 75.9 Å². The molecule has 7 rings (SSSR count). The first-order valence-electron chi connectivity index (χ1n) is 16.6. The van der Waals surface area contributed by atoms with Crippen LogP contribution in [0.2, 0.25) is 0 Å². The third kappa shape index (κ3) is 5.50. The van der Waals surface area contributed by atoms with Crippen molar-refractivity contribution in [3.05, 3.63) is 113 Å². The number of pyridine rings is 1. The Balaban J connectivity index is 1.33. The molecular weight excluding hydrogens is 580 g/mol. The maximum Gasteiger partial charge on any atom is 0.141 e. The molecule has 0 N–H and O–H groups in total. The zero-order valence-electron chi connectivity index (χ0n) is 28.8. The first-order chi connectivity index (χ1) is 22.5. The number of hydrogen-bond donors (Lipinski definition) is 0. The average Bonchev–Trinajstić information content (AvgIpc) is 3.55. The van der Waals surface area contributed by atoms with Gasteiger partial charge in [0.25, 0.3) is 0 Å². The Kier molecular flexibility index (Phi) is 7.70. The van der Waals surface area contributed by atoms with Gasteiger partial charge in [0.2, 0.25) is 0 Å². The zero-order chi connectivity index (χ0) is 33.0. The molecule has 0 bridgehead atoms. The van der Waals surface area contributed by atoms with Crippen molar-refractivity contribution in [2.75, 3.05) is 7.11 Å². The first-order valence-corrected chi connectivity index (χ1v) is 16.6. The number of aromatic nitrogens is 4. The number of hydrogen-bond acceptors (Lipinski definition) is 4. The Bertz CT molecular complexity index is 2160. The Morgan fingerprint density at radius 1 is 0.830 bits per heavy atom. The van der Waals surface area contributed by atoms with Crippen LogP contribution in [0.15, 0.2) is 90.6 Å². The average molecular weight is 625 g/mol. The van der Waals surface area contributed by atoms with Crippen LogP contribution in [0.3, 0.4) is 0 Å². The number of nitrogens with zero attached hydrogens (tertiary/aromatic N) is 4. The van der Waals surface area contributed by atoms with Gasteiger partial charge in [-0.2, -0.15) is 5.10 Å². The van der Waals surface area contributed by atoms with E-state index in [1.54, 1.807) is 13.3 Å². The van der Waals surface area contributed by atoms with Crippen molar-refractivity contribution in [3.63, 3.8) is 0 Å². The molecule has 0 amide bonds. The number of aryl methyl sites for hydroxylation is 2. The highest BCUT2D eigenvalue weighted by molar-refractivity contribution is 6.09. The van der Waals surface area contributed by atoms with Crippen molar-refractivity contribution in [2.45, 2.75) is 72.6 Å². The van der Waals surface area contributed by atoms with Gasteiger partial charge in [0, 0.05) is 52.1 Å². The Labute approximate surface area is 277 Å². The lowest BCUT2D eigenvalue weighted by Gasteiger charge is -2.32. The van der Waals surface area contributed by atoms with E-state index >= 15 is 0 Å². The SMILES string of the molecule is COc1ccnc(-n2c3ccccc3c3ccc(Oc4cc(C)cc(-n5nc(C)c(C6C(C)=CCC[C@@H]6C)c5C(C)(C)C)c4)cc32)c1. The molecule has 1 unspecified atom stereocenters. The van der Waals surface area contributed by atoms with Crippen LogP contribution in [-0.4, -0.2) is 26.4 Å². The number of methoxy groups -OCH3 is 1. The molecule has 47 heavy (non-hydrogen) atoms. The fraction of sp³-hybridized carbons (Fsp3) is 0.317. The lowest BCUT2D eigenvalue weighted by Crippen LogP contribution is -2.24. The minimum Gasteiger partial charge on any atom is -0.497 e. The van der Waals surface area contributed by atoms with E-state index in [-0.39, 0.29) is 5.41 Å². The highest BCUT2D eigenvalue weighted by Gasteiger charge is 2.35. The minimum atomic E-state index is -0.106. The van der Waals surface area contributed by atoms with Crippen LogP contribution < -0.4 is 9.47 Å². The maximum absolute atomic E-state index is 6.67. The summed E-state index contributed by atoms with van der Waals surface area (Å²) in [5, 5.41) is 7.52. The van der Waals surface area contributed by atoms with Crippen molar-refractivity contribution in [3.8, 4) is 28.8 Å². The molecule has 0 saturated carbocycles. The number of allylic oxidation sites excluding steroid dienone is 2. The van der Waals surface area contributed by atoms with Crippen LogP contribution in [0.4, 0.5) is 0 Å². The Hall–Kier alpha value is -4.84. The van der Waals surface area contributed by atoms with Crippen molar-refractivity contribution < 1.29 is 9.47 Å². The lowest BCUT2D eigenvalue weighted by molar-refractivity contribution is 0.414. The van der Waals surface area contributed by atoms with Gasteiger partial charge in [0.15, 0.2) is 0 Å². The summed E-state index contributed by atoms with van der Waals surface area (Å²) in [4.78, 5) is 4.71. The van der Waals surface area contributed by atoms with Crippen LogP contribution >= 0.6 is 0 Å². The summed E-state index contributed by atoms with van der Waals surface area (Å²) in [7, 11) is 1.68. The maximum atomic E-state index is 6.67. The quantitative estimate of drug-likeness (QED) is 0.173. The van der Waals surface area contributed by atoms with Crippen LogP contribution in [-0.2, 0) is 5.41 Å². The molecule has 6 heteroatoms. The van der Waals surface area contributed by atoms with Gasteiger partial charge in [-0.15, -0.1) is 0 Å². The molecule has 0 aliphatic heterocycles. The number of rotatable bonds is 6. The topological polar surface area (TPSA) is 54.1 Å². The molecule has 0 fully saturated rings. The van der Waals surface area contributed by atoms with E-state index in [0.29, 0.717) is 11.8 Å². The van der Waals surface area contributed by atoms with Gasteiger partial charge in [-0.3, -0.25) is 4.57 Å². The van der Waals surface area contributed by atoms with E-state index in [0.717, 1.165) is 68.2 Å². The van der Waals surface area contributed by atoms with Gasteiger partial charge in [-0.25, -0.2) is 9.67 Å². The largest absolute Gasteiger partial charge is 0.497 e. The number of ether oxygens (including phenoxy) is 2. The van der Waals surface area contributed by atoms with Crippen molar-refractivity contribution in [2.24, 2.45) is 5.92 Å². The third-order valence-electron chi connectivity index (χ3n) is 9.62. The van der Waals surface area contributed by atoms with Crippen LogP contribution in [0, 0.1) is 19.8 Å². The highest BCUT2D eigenvalue weighted by atomic mass is 16.5.